The maximum absolute atomic E-state index is 3.30. The summed E-state index contributed by atoms with van der Waals surface area (Å²) in [7, 11) is 0. The summed E-state index contributed by atoms with van der Waals surface area (Å²) < 4.78 is 0. The van der Waals surface area contributed by atoms with Crippen molar-refractivity contribution in [2.75, 3.05) is 0 Å². The maximum atomic E-state index is 3.30. The van der Waals surface area contributed by atoms with E-state index < -0.39 is 0 Å². The summed E-state index contributed by atoms with van der Waals surface area (Å²) in [6.07, 6.45) is 13.2. The van der Waals surface area contributed by atoms with Crippen LogP contribution in [-0.2, 0) is 26.2 Å². The summed E-state index contributed by atoms with van der Waals surface area (Å²) in [6, 6.07) is 0. The number of hydrogen-bond acceptors (Lipinski definition) is 0. The summed E-state index contributed by atoms with van der Waals surface area (Å²) in [6.45, 7) is 17.7. The third kappa shape index (κ3) is 10.1. The monoisotopic (exact) mass is 432 g/mol. The standard InChI is InChI=1S/2C10H15.2ClH.Zr/c2*1-8-5-6-9(7-8)10(2,3)4;;;/h2*7H,6H2,1-4H3;2*1H;/q2*-1;;;+2. The molecule has 0 nitrogen and oxygen atoms in total. The first-order valence-electron chi connectivity index (χ1n) is 7.57. The van der Waals surface area contributed by atoms with E-state index in [1.165, 1.54) is 22.3 Å². The molecule has 0 radical (unpaired) electrons. The van der Waals surface area contributed by atoms with Gasteiger partial charge in [0.25, 0.3) is 0 Å². The molecule has 0 aromatic rings. The van der Waals surface area contributed by atoms with Gasteiger partial charge in [0.2, 0.25) is 0 Å². The SMILES string of the molecule is CC1=[C-]CC(C(C)(C)C)=C1.CC1=[C-]CC(C(C)(C)C)=C1.Cl.Cl.[Zr+2]. The van der Waals surface area contributed by atoms with Gasteiger partial charge >= 0.3 is 26.2 Å². The van der Waals surface area contributed by atoms with Crippen LogP contribution in [0.1, 0.15) is 68.2 Å². The molecule has 0 saturated carbocycles. The predicted octanol–water partition coefficient (Wildman–Crippen LogP) is 7.07. The van der Waals surface area contributed by atoms with Crippen LogP contribution in [0.15, 0.2) is 34.4 Å². The fourth-order valence-corrected chi connectivity index (χ4v) is 2.16. The zero-order valence-electron chi connectivity index (χ0n) is 15.9. The Morgan fingerprint density at radius 1 is 0.696 bits per heavy atom. The Bertz CT molecular complexity index is 435. The van der Waals surface area contributed by atoms with E-state index in [2.05, 4.69) is 79.7 Å². The Morgan fingerprint density at radius 2 is 0.957 bits per heavy atom. The van der Waals surface area contributed by atoms with E-state index in [4.69, 9.17) is 0 Å². The molecule has 0 spiro atoms. The molecular weight excluding hydrogens is 402 g/mol. The first kappa shape index (κ1) is 28.2. The van der Waals surface area contributed by atoms with Crippen LogP contribution in [0, 0.1) is 23.0 Å². The molecule has 2 aliphatic carbocycles. The third-order valence-corrected chi connectivity index (χ3v) is 3.82. The first-order chi connectivity index (χ1) is 9.00. The van der Waals surface area contributed by atoms with Crippen LogP contribution in [0.2, 0.25) is 0 Å². The summed E-state index contributed by atoms with van der Waals surface area (Å²) in [5.41, 5.74) is 6.28. The maximum Gasteiger partial charge on any atom is 2.00 e. The number of rotatable bonds is 0. The van der Waals surface area contributed by atoms with Gasteiger partial charge in [-0.15, -0.1) is 37.7 Å². The minimum absolute atomic E-state index is 0. The quantitative estimate of drug-likeness (QED) is 0.358. The van der Waals surface area contributed by atoms with Crippen molar-refractivity contribution >= 4 is 24.8 Å². The van der Waals surface area contributed by atoms with Crippen molar-refractivity contribution in [3.05, 3.63) is 46.6 Å². The topological polar surface area (TPSA) is 0 Å². The van der Waals surface area contributed by atoms with Gasteiger partial charge in [-0.2, -0.15) is 11.1 Å². The van der Waals surface area contributed by atoms with Gasteiger partial charge in [-0.1, -0.05) is 55.4 Å². The van der Waals surface area contributed by atoms with Crippen molar-refractivity contribution in [2.24, 2.45) is 10.8 Å². The summed E-state index contributed by atoms with van der Waals surface area (Å²) in [5, 5.41) is 0. The Hall–Kier alpha value is 0.423. The average molecular weight is 435 g/mol. The second-order valence-corrected chi connectivity index (χ2v) is 7.91. The van der Waals surface area contributed by atoms with Crippen LogP contribution < -0.4 is 0 Å². The average Bonchev–Trinajstić information content (AvgIpc) is 2.85. The minimum Gasteiger partial charge on any atom is -0.269 e. The summed E-state index contributed by atoms with van der Waals surface area (Å²) in [5.74, 6) is 0. The van der Waals surface area contributed by atoms with Gasteiger partial charge in [0.15, 0.2) is 0 Å². The Balaban J connectivity index is -0.000000308. The predicted molar refractivity (Wildman–Crippen MR) is 104 cm³/mol. The van der Waals surface area contributed by atoms with Gasteiger partial charge in [-0.25, -0.2) is 23.3 Å². The Morgan fingerprint density at radius 3 is 1.04 bits per heavy atom. The van der Waals surface area contributed by atoms with Crippen LogP contribution in [0.4, 0.5) is 0 Å². The first-order valence-corrected chi connectivity index (χ1v) is 7.57. The van der Waals surface area contributed by atoms with E-state index in [1.807, 2.05) is 0 Å². The molecule has 0 aliphatic heterocycles. The molecule has 0 saturated heterocycles. The van der Waals surface area contributed by atoms with Gasteiger partial charge in [0, 0.05) is 0 Å². The molecule has 0 aromatic carbocycles. The van der Waals surface area contributed by atoms with Gasteiger partial charge in [-0.05, 0) is 10.8 Å². The fraction of sp³-hybridized carbons (Fsp3) is 0.600. The number of halogens is 2. The molecule has 0 N–H and O–H groups in total. The molecule has 0 amide bonds. The van der Waals surface area contributed by atoms with Gasteiger partial charge in [0.05, 0.1) is 0 Å². The molecule has 23 heavy (non-hydrogen) atoms. The summed E-state index contributed by atoms with van der Waals surface area (Å²) in [4.78, 5) is 0. The van der Waals surface area contributed by atoms with Crippen molar-refractivity contribution in [1.82, 2.24) is 0 Å². The number of hydrogen-bond donors (Lipinski definition) is 0. The molecule has 0 bridgehead atoms. The van der Waals surface area contributed by atoms with Crippen LogP contribution in [0.3, 0.4) is 0 Å². The molecule has 2 rings (SSSR count). The zero-order chi connectivity index (χ0) is 15.6. The van der Waals surface area contributed by atoms with E-state index in [-0.39, 0.29) is 51.0 Å². The van der Waals surface area contributed by atoms with Crippen molar-refractivity contribution in [1.29, 1.82) is 0 Å². The van der Waals surface area contributed by atoms with E-state index in [0.29, 0.717) is 10.8 Å². The van der Waals surface area contributed by atoms with E-state index in [1.54, 1.807) is 0 Å². The molecule has 0 atom stereocenters. The van der Waals surface area contributed by atoms with E-state index in [9.17, 15) is 0 Å². The molecule has 0 aromatic heterocycles. The Kier molecular flexibility index (Phi) is 13.6. The van der Waals surface area contributed by atoms with Crippen molar-refractivity contribution in [3.63, 3.8) is 0 Å². The molecular formula is C20H32Cl2Zr. The second-order valence-electron chi connectivity index (χ2n) is 7.91. The fourth-order valence-electron chi connectivity index (χ4n) is 2.16. The second kappa shape index (κ2) is 11.1. The van der Waals surface area contributed by atoms with E-state index >= 15 is 0 Å². The minimum atomic E-state index is 0. The molecule has 2 aliphatic rings. The normalized spacial score (nSPS) is 16.3. The molecule has 0 fully saturated rings. The van der Waals surface area contributed by atoms with Crippen molar-refractivity contribution in [2.45, 2.75) is 68.2 Å². The van der Waals surface area contributed by atoms with Gasteiger partial charge in [-0.3, -0.25) is 12.2 Å². The van der Waals surface area contributed by atoms with Crippen LogP contribution in [0.5, 0.6) is 0 Å². The van der Waals surface area contributed by atoms with Gasteiger partial charge < -0.3 is 0 Å². The van der Waals surface area contributed by atoms with Crippen LogP contribution in [0.25, 0.3) is 0 Å². The largest absolute Gasteiger partial charge is 2.00 e. The molecule has 130 valence electrons. The van der Waals surface area contributed by atoms with Crippen LogP contribution in [-0.4, -0.2) is 0 Å². The molecule has 0 heterocycles. The van der Waals surface area contributed by atoms with E-state index in [0.717, 1.165) is 12.8 Å². The smallest absolute Gasteiger partial charge is 0.269 e. The molecule has 0 unspecified atom stereocenters. The van der Waals surface area contributed by atoms with Crippen LogP contribution >= 0.6 is 24.8 Å². The zero-order valence-corrected chi connectivity index (χ0v) is 20.0. The molecule has 3 heteroatoms. The van der Waals surface area contributed by atoms with Crippen molar-refractivity contribution < 1.29 is 26.2 Å². The Labute approximate surface area is 175 Å². The van der Waals surface area contributed by atoms with Crippen molar-refractivity contribution in [3.8, 4) is 0 Å². The number of allylic oxidation sites excluding steroid dienone is 8. The third-order valence-electron chi connectivity index (χ3n) is 3.82. The summed E-state index contributed by atoms with van der Waals surface area (Å²) >= 11 is 0. The van der Waals surface area contributed by atoms with Gasteiger partial charge in [0.1, 0.15) is 0 Å².